The fraction of sp³-hybridized carbons (Fsp3) is 0.100. The summed E-state index contributed by atoms with van der Waals surface area (Å²) in [6.45, 7) is 1.65. The average Bonchev–Trinajstić information content (AvgIpc) is 2.67. The summed E-state index contributed by atoms with van der Waals surface area (Å²) in [7, 11) is 0. The number of anilines is 1. The second-order valence-electron chi connectivity index (χ2n) is 6.15. The molecule has 0 atom stereocenters. The number of nitrogens with one attached hydrogen (secondary N) is 1. The van der Waals surface area contributed by atoms with Gasteiger partial charge in [0.2, 0.25) is 0 Å². The first kappa shape index (κ1) is 22.0. The van der Waals surface area contributed by atoms with Crippen molar-refractivity contribution in [1.29, 1.82) is 5.26 Å². The number of nitriles is 1. The number of hydrogen-bond acceptors (Lipinski definition) is 5. The van der Waals surface area contributed by atoms with E-state index in [2.05, 4.69) is 37.2 Å². The van der Waals surface area contributed by atoms with Crippen LogP contribution in [0.2, 0.25) is 5.02 Å². The lowest BCUT2D eigenvalue weighted by atomic mass is 10.1. The van der Waals surface area contributed by atoms with Crippen molar-refractivity contribution in [1.82, 2.24) is 5.32 Å². The first-order valence-electron chi connectivity index (χ1n) is 8.39. The topological polar surface area (TPSA) is 99.5 Å². The number of amides is 4. The van der Waals surface area contributed by atoms with Gasteiger partial charge in [0.25, 0.3) is 11.8 Å². The minimum absolute atomic E-state index is 0.144. The number of rotatable bonds is 4. The van der Waals surface area contributed by atoms with Gasteiger partial charge < -0.3 is 4.74 Å². The van der Waals surface area contributed by atoms with Crippen LogP contribution in [0.3, 0.4) is 0 Å². The summed E-state index contributed by atoms with van der Waals surface area (Å²) >= 11 is 12.8. The molecule has 0 saturated carbocycles. The van der Waals surface area contributed by atoms with Crippen LogP contribution >= 0.6 is 43.5 Å². The van der Waals surface area contributed by atoms with Crippen molar-refractivity contribution in [3.8, 4) is 11.8 Å². The zero-order valence-corrected chi connectivity index (χ0v) is 19.3. The second-order valence-corrected chi connectivity index (χ2v) is 8.27. The Hall–Kier alpha value is -2.67. The van der Waals surface area contributed by atoms with E-state index < -0.39 is 17.8 Å². The number of benzene rings is 2. The zero-order valence-electron chi connectivity index (χ0n) is 15.3. The highest BCUT2D eigenvalue weighted by Crippen LogP contribution is 2.36. The van der Waals surface area contributed by atoms with E-state index in [0.717, 1.165) is 10.5 Å². The normalized spacial score (nSPS) is 15.2. The SMILES string of the molecule is Cc1ccc(N2C(=O)NC(=O)/C(=C/c3cc(Br)c(OCC#N)c(Br)c3)C2=O)cc1Cl. The van der Waals surface area contributed by atoms with Gasteiger partial charge in [-0.15, -0.1) is 0 Å². The zero-order chi connectivity index (χ0) is 22.0. The molecule has 1 saturated heterocycles. The molecule has 1 heterocycles. The maximum absolute atomic E-state index is 13.0. The molecule has 0 radical (unpaired) electrons. The molecule has 7 nitrogen and oxygen atoms in total. The molecule has 0 spiro atoms. The Bertz CT molecular complexity index is 1130. The molecule has 1 N–H and O–H groups in total. The fourth-order valence-electron chi connectivity index (χ4n) is 2.68. The highest BCUT2D eigenvalue weighted by Gasteiger charge is 2.37. The summed E-state index contributed by atoms with van der Waals surface area (Å²) in [6, 6.07) is 8.98. The summed E-state index contributed by atoms with van der Waals surface area (Å²) < 4.78 is 6.36. The minimum Gasteiger partial charge on any atom is -0.476 e. The molecule has 1 aliphatic rings. The molecule has 0 aliphatic carbocycles. The Morgan fingerprint density at radius 1 is 1.20 bits per heavy atom. The van der Waals surface area contributed by atoms with Crippen LogP contribution in [-0.2, 0) is 9.59 Å². The molecule has 0 bridgehead atoms. The Labute approximate surface area is 193 Å². The van der Waals surface area contributed by atoms with Crippen LogP contribution in [0.15, 0.2) is 44.9 Å². The highest BCUT2D eigenvalue weighted by atomic mass is 79.9. The largest absolute Gasteiger partial charge is 0.476 e. The first-order valence-corrected chi connectivity index (χ1v) is 10.4. The lowest BCUT2D eigenvalue weighted by Gasteiger charge is -2.26. The predicted molar refractivity (Wildman–Crippen MR) is 118 cm³/mol. The van der Waals surface area contributed by atoms with Crippen LogP contribution in [0.4, 0.5) is 10.5 Å². The molecule has 1 aliphatic heterocycles. The van der Waals surface area contributed by atoms with E-state index in [1.807, 2.05) is 6.07 Å². The van der Waals surface area contributed by atoms with Gasteiger partial charge in [-0.25, -0.2) is 9.69 Å². The Kier molecular flexibility index (Phi) is 6.61. The number of urea groups is 1. The summed E-state index contributed by atoms with van der Waals surface area (Å²) in [6.07, 6.45) is 1.36. The van der Waals surface area contributed by atoms with Crippen LogP contribution in [-0.4, -0.2) is 24.5 Å². The summed E-state index contributed by atoms with van der Waals surface area (Å²) in [5, 5.41) is 11.2. The van der Waals surface area contributed by atoms with Crippen molar-refractivity contribution >= 4 is 73.1 Å². The number of halogens is 3. The third-order valence-electron chi connectivity index (χ3n) is 4.13. The number of carbonyl (C=O) groups is 3. The van der Waals surface area contributed by atoms with Gasteiger partial charge in [-0.3, -0.25) is 14.9 Å². The average molecular weight is 554 g/mol. The fourth-order valence-corrected chi connectivity index (χ4v) is 4.31. The summed E-state index contributed by atoms with van der Waals surface area (Å²) in [5.41, 5.74) is 1.29. The number of ether oxygens (including phenoxy) is 1. The lowest BCUT2D eigenvalue weighted by Crippen LogP contribution is -2.54. The van der Waals surface area contributed by atoms with Crippen LogP contribution < -0.4 is 15.0 Å². The van der Waals surface area contributed by atoms with Crippen LogP contribution in [0.1, 0.15) is 11.1 Å². The smallest absolute Gasteiger partial charge is 0.335 e. The van der Waals surface area contributed by atoms with Crippen molar-refractivity contribution in [2.45, 2.75) is 6.92 Å². The van der Waals surface area contributed by atoms with Gasteiger partial charge in [0.1, 0.15) is 17.4 Å². The van der Waals surface area contributed by atoms with E-state index >= 15 is 0 Å². The van der Waals surface area contributed by atoms with Gasteiger partial charge in [-0.05, 0) is 80.3 Å². The molecule has 1 fully saturated rings. The van der Waals surface area contributed by atoms with E-state index in [0.29, 0.717) is 25.3 Å². The molecular formula is C20H12Br2ClN3O4. The molecule has 0 unspecified atom stereocenters. The highest BCUT2D eigenvalue weighted by molar-refractivity contribution is 9.11. The van der Waals surface area contributed by atoms with Crippen molar-refractivity contribution in [3.63, 3.8) is 0 Å². The van der Waals surface area contributed by atoms with Gasteiger partial charge >= 0.3 is 6.03 Å². The molecule has 3 rings (SSSR count). The van der Waals surface area contributed by atoms with E-state index in [-0.39, 0.29) is 17.9 Å². The van der Waals surface area contributed by atoms with Crippen molar-refractivity contribution in [2.75, 3.05) is 11.5 Å². The molecule has 152 valence electrons. The third kappa shape index (κ3) is 4.41. The number of barbiturate groups is 1. The van der Waals surface area contributed by atoms with E-state index in [1.165, 1.54) is 12.1 Å². The van der Waals surface area contributed by atoms with Gasteiger partial charge in [-0.1, -0.05) is 17.7 Å². The molecule has 0 aromatic heterocycles. The standard InChI is InChI=1S/C20H12Br2ClN3O4/c1-10-2-3-12(9-16(10)23)26-19(28)13(18(27)25-20(26)29)6-11-7-14(21)17(15(22)8-11)30-5-4-24/h2-3,6-9H,5H2,1H3,(H,25,27,29)/b13-6-. The van der Waals surface area contributed by atoms with E-state index in [1.54, 1.807) is 31.2 Å². The number of nitrogens with zero attached hydrogens (tertiary/aromatic N) is 2. The molecule has 4 amide bonds. The van der Waals surface area contributed by atoms with Crippen molar-refractivity contribution < 1.29 is 19.1 Å². The number of carbonyl (C=O) groups excluding carboxylic acids is 3. The molecule has 10 heteroatoms. The minimum atomic E-state index is -0.857. The van der Waals surface area contributed by atoms with E-state index in [4.69, 9.17) is 21.6 Å². The van der Waals surface area contributed by atoms with Crippen LogP contribution in [0, 0.1) is 18.3 Å². The maximum Gasteiger partial charge on any atom is 0.335 e. The quantitative estimate of drug-likeness (QED) is 0.436. The number of imide groups is 2. The number of aryl methyl sites for hydroxylation is 1. The monoisotopic (exact) mass is 551 g/mol. The lowest BCUT2D eigenvalue weighted by molar-refractivity contribution is -0.122. The third-order valence-corrected chi connectivity index (χ3v) is 5.71. The van der Waals surface area contributed by atoms with Gasteiger partial charge in [0, 0.05) is 5.02 Å². The predicted octanol–water partition coefficient (Wildman–Crippen LogP) is 4.74. The maximum atomic E-state index is 13.0. The molecule has 2 aromatic rings. The van der Waals surface area contributed by atoms with Crippen molar-refractivity contribution in [2.24, 2.45) is 0 Å². The van der Waals surface area contributed by atoms with Gasteiger partial charge in [-0.2, -0.15) is 5.26 Å². The Morgan fingerprint density at radius 3 is 2.47 bits per heavy atom. The Balaban J connectivity index is 2.00. The van der Waals surface area contributed by atoms with Gasteiger partial charge in [0.15, 0.2) is 6.61 Å². The Morgan fingerprint density at radius 2 is 1.87 bits per heavy atom. The number of hydrogen-bond donors (Lipinski definition) is 1. The van der Waals surface area contributed by atoms with Gasteiger partial charge in [0.05, 0.1) is 14.6 Å². The van der Waals surface area contributed by atoms with Crippen LogP contribution in [0.25, 0.3) is 6.08 Å². The van der Waals surface area contributed by atoms with Crippen LogP contribution in [0.5, 0.6) is 5.75 Å². The van der Waals surface area contributed by atoms with Crippen molar-refractivity contribution in [3.05, 3.63) is 61.0 Å². The van der Waals surface area contributed by atoms with E-state index in [9.17, 15) is 14.4 Å². The second kappa shape index (κ2) is 9.00. The molecule has 30 heavy (non-hydrogen) atoms. The molecular weight excluding hydrogens is 541 g/mol. The molecule has 2 aromatic carbocycles. The first-order chi connectivity index (χ1) is 14.2. The summed E-state index contributed by atoms with van der Waals surface area (Å²) in [5.74, 6) is -1.18. The summed E-state index contributed by atoms with van der Waals surface area (Å²) in [4.78, 5) is 38.5.